The van der Waals surface area contributed by atoms with Crippen LogP contribution in [0.2, 0.25) is 0 Å². The second-order valence-corrected chi connectivity index (χ2v) is 11.4. The minimum absolute atomic E-state index is 0.00433. The largest absolute Gasteiger partial charge is 0.493 e. The number of hydrogen-bond donors (Lipinski definition) is 3. The van der Waals surface area contributed by atoms with E-state index < -0.39 is 17.1 Å². The molecule has 0 bridgehead atoms. The fourth-order valence-corrected chi connectivity index (χ4v) is 5.34. The summed E-state index contributed by atoms with van der Waals surface area (Å²) in [5.41, 5.74) is 4.34. The summed E-state index contributed by atoms with van der Waals surface area (Å²) in [5.74, 6) is -0.210. The minimum Gasteiger partial charge on any atom is -0.493 e. The van der Waals surface area contributed by atoms with Crippen LogP contribution in [0.5, 0.6) is 11.5 Å². The minimum atomic E-state index is -0.540. The molecule has 0 aliphatic heterocycles. The number of hydrogen-bond acceptors (Lipinski definition) is 6. The number of thioether (sulfide) groups is 1. The van der Waals surface area contributed by atoms with Crippen molar-refractivity contribution >= 4 is 46.9 Å². The van der Waals surface area contributed by atoms with Crippen LogP contribution in [-0.2, 0) is 9.59 Å². The van der Waals surface area contributed by atoms with Crippen molar-refractivity contribution in [1.29, 1.82) is 0 Å². The third kappa shape index (κ3) is 8.29. The molecule has 226 valence electrons. The number of methoxy groups -OCH3 is 2. The number of nitrogens with one attached hydrogen (secondary N) is 3. The lowest BCUT2D eigenvalue weighted by atomic mass is 10.1. The zero-order valence-corrected chi connectivity index (χ0v) is 26.1. The van der Waals surface area contributed by atoms with Crippen molar-refractivity contribution in [3.8, 4) is 11.5 Å². The predicted molar refractivity (Wildman–Crippen MR) is 176 cm³/mol. The van der Waals surface area contributed by atoms with Gasteiger partial charge >= 0.3 is 0 Å². The summed E-state index contributed by atoms with van der Waals surface area (Å²) in [7, 11) is 3.03. The Morgan fingerprint density at radius 3 is 2.27 bits per heavy atom. The van der Waals surface area contributed by atoms with E-state index in [1.807, 2.05) is 45.0 Å². The fraction of sp³-hybridized carbons (Fsp3) is 0.171. The maximum Gasteiger partial charge on any atom is 0.272 e. The highest BCUT2D eigenvalue weighted by atomic mass is 32.2. The van der Waals surface area contributed by atoms with Crippen molar-refractivity contribution in [3.05, 3.63) is 119 Å². The molecule has 4 rings (SSSR count). The van der Waals surface area contributed by atoms with Crippen LogP contribution < -0.4 is 25.4 Å². The van der Waals surface area contributed by atoms with Crippen LogP contribution in [0.25, 0.3) is 6.08 Å². The molecule has 4 aromatic rings. The molecule has 0 fully saturated rings. The van der Waals surface area contributed by atoms with Gasteiger partial charge in [-0.15, -0.1) is 11.8 Å². The Morgan fingerprint density at radius 1 is 0.818 bits per heavy atom. The number of anilines is 2. The van der Waals surface area contributed by atoms with E-state index in [4.69, 9.17) is 9.47 Å². The van der Waals surface area contributed by atoms with Crippen molar-refractivity contribution < 1.29 is 23.9 Å². The summed E-state index contributed by atoms with van der Waals surface area (Å²) < 4.78 is 10.9. The van der Waals surface area contributed by atoms with Gasteiger partial charge in [0.1, 0.15) is 5.70 Å². The second-order valence-electron chi connectivity index (χ2n) is 10.0. The normalized spacial score (nSPS) is 11.7. The SMILES string of the molecule is COc1cccc(/C=C(/NC(=O)c2ccccc2)C(=O)Nc2cccc(SC(C)C(=O)Nc3ccc(C)cc3C)c2)c1OC. The number of rotatable bonds is 11. The maximum absolute atomic E-state index is 13.6. The lowest BCUT2D eigenvalue weighted by Gasteiger charge is -2.15. The summed E-state index contributed by atoms with van der Waals surface area (Å²) >= 11 is 1.37. The van der Waals surface area contributed by atoms with E-state index in [1.165, 1.54) is 32.1 Å². The molecular formula is C35H35N3O5S. The van der Waals surface area contributed by atoms with Crippen LogP contribution in [-0.4, -0.2) is 37.2 Å². The van der Waals surface area contributed by atoms with Crippen LogP contribution in [0.15, 0.2) is 102 Å². The topological polar surface area (TPSA) is 106 Å². The van der Waals surface area contributed by atoms with Gasteiger partial charge in [-0.1, -0.05) is 54.1 Å². The standard InChI is InChI=1S/C35H35N3O5S/c1-22-17-18-29(23(2)19-22)37-33(39)24(3)44-28-15-10-14-27(21-28)36-35(41)30(38-34(40)25-11-7-6-8-12-25)20-26-13-9-16-31(42-4)32(26)43-5/h6-21,24H,1-5H3,(H,36,41)(H,37,39)(H,38,40)/b30-20+. The summed E-state index contributed by atoms with van der Waals surface area (Å²) in [6.45, 7) is 5.80. The van der Waals surface area contributed by atoms with Gasteiger partial charge in [-0.2, -0.15) is 0 Å². The molecule has 0 aliphatic rings. The van der Waals surface area contributed by atoms with E-state index in [2.05, 4.69) is 16.0 Å². The van der Waals surface area contributed by atoms with E-state index in [9.17, 15) is 14.4 Å². The zero-order valence-electron chi connectivity index (χ0n) is 25.3. The number of amides is 3. The van der Waals surface area contributed by atoms with Gasteiger partial charge in [0.25, 0.3) is 11.8 Å². The summed E-state index contributed by atoms with van der Waals surface area (Å²) in [6.07, 6.45) is 1.54. The Labute approximate surface area is 261 Å². The van der Waals surface area contributed by atoms with Crippen molar-refractivity contribution in [3.63, 3.8) is 0 Å². The lowest BCUT2D eigenvalue weighted by molar-refractivity contribution is -0.115. The van der Waals surface area contributed by atoms with Gasteiger partial charge in [0.15, 0.2) is 11.5 Å². The molecule has 0 saturated heterocycles. The molecule has 3 amide bonds. The zero-order chi connectivity index (χ0) is 31.6. The molecular weight excluding hydrogens is 574 g/mol. The smallest absolute Gasteiger partial charge is 0.272 e. The first-order chi connectivity index (χ1) is 21.2. The number of para-hydroxylation sites is 1. The first-order valence-corrected chi connectivity index (χ1v) is 14.8. The van der Waals surface area contributed by atoms with E-state index in [-0.39, 0.29) is 11.6 Å². The van der Waals surface area contributed by atoms with Crippen LogP contribution in [0, 0.1) is 13.8 Å². The molecule has 0 heterocycles. The molecule has 1 atom stereocenters. The molecule has 0 spiro atoms. The van der Waals surface area contributed by atoms with Crippen molar-refractivity contribution in [1.82, 2.24) is 5.32 Å². The lowest BCUT2D eigenvalue weighted by Crippen LogP contribution is -2.30. The van der Waals surface area contributed by atoms with Crippen molar-refractivity contribution in [2.24, 2.45) is 0 Å². The molecule has 3 N–H and O–H groups in total. The first-order valence-electron chi connectivity index (χ1n) is 13.9. The number of carbonyl (C=O) groups excluding carboxylic acids is 3. The van der Waals surface area contributed by atoms with Gasteiger partial charge in [0, 0.05) is 27.4 Å². The van der Waals surface area contributed by atoms with E-state index in [0.717, 1.165) is 21.7 Å². The average molecular weight is 610 g/mol. The van der Waals surface area contributed by atoms with Crippen molar-refractivity contribution in [2.75, 3.05) is 24.9 Å². The molecule has 1 unspecified atom stereocenters. The van der Waals surface area contributed by atoms with E-state index >= 15 is 0 Å². The average Bonchev–Trinajstić information content (AvgIpc) is 3.02. The Morgan fingerprint density at radius 2 is 1.57 bits per heavy atom. The van der Waals surface area contributed by atoms with Gasteiger partial charge < -0.3 is 25.4 Å². The van der Waals surface area contributed by atoms with Crippen LogP contribution >= 0.6 is 11.8 Å². The van der Waals surface area contributed by atoms with Gasteiger partial charge in [0.05, 0.1) is 19.5 Å². The molecule has 0 radical (unpaired) electrons. The molecule has 0 aliphatic carbocycles. The number of benzene rings is 4. The predicted octanol–water partition coefficient (Wildman–Crippen LogP) is 6.85. The number of carbonyl (C=O) groups is 3. The fourth-order valence-electron chi connectivity index (χ4n) is 4.42. The van der Waals surface area contributed by atoms with Gasteiger partial charge in [-0.05, 0) is 74.9 Å². The molecule has 8 nitrogen and oxygen atoms in total. The van der Waals surface area contributed by atoms with E-state index in [0.29, 0.717) is 28.3 Å². The number of ether oxygens (including phenoxy) is 2. The van der Waals surface area contributed by atoms with Crippen LogP contribution in [0.1, 0.15) is 34.0 Å². The van der Waals surface area contributed by atoms with Gasteiger partial charge in [-0.25, -0.2) is 0 Å². The summed E-state index contributed by atoms with van der Waals surface area (Å²) in [5, 5.41) is 8.21. The van der Waals surface area contributed by atoms with Crippen molar-refractivity contribution in [2.45, 2.75) is 30.9 Å². The maximum atomic E-state index is 13.6. The molecule has 9 heteroatoms. The summed E-state index contributed by atoms with van der Waals surface area (Å²) in [4.78, 5) is 40.4. The number of aryl methyl sites for hydroxylation is 2. The monoisotopic (exact) mass is 609 g/mol. The Bertz CT molecular complexity index is 1690. The molecule has 4 aromatic carbocycles. The molecule has 44 heavy (non-hydrogen) atoms. The van der Waals surface area contributed by atoms with Crippen LogP contribution in [0.4, 0.5) is 11.4 Å². The highest BCUT2D eigenvalue weighted by Gasteiger charge is 2.19. The Kier molecular flexibility index (Phi) is 10.8. The Hall–Kier alpha value is -5.02. The quantitative estimate of drug-likeness (QED) is 0.127. The second kappa shape index (κ2) is 14.9. The third-order valence-electron chi connectivity index (χ3n) is 6.68. The molecule has 0 aromatic heterocycles. The first kappa shape index (κ1) is 31.9. The van der Waals surface area contributed by atoms with E-state index in [1.54, 1.807) is 66.7 Å². The highest BCUT2D eigenvalue weighted by molar-refractivity contribution is 8.00. The third-order valence-corrected chi connectivity index (χ3v) is 7.77. The van der Waals surface area contributed by atoms with Gasteiger partial charge in [-0.3, -0.25) is 14.4 Å². The van der Waals surface area contributed by atoms with Gasteiger partial charge in [0.2, 0.25) is 5.91 Å². The van der Waals surface area contributed by atoms with Crippen LogP contribution in [0.3, 0.4) is 0 Å². The summed E-state index contributed by atoms with van der Waals surface area (Å²) in [6, 6.07) is 27.0. The molecule has 0 saturated carbocycles. The highest BCUT2D eigenvalue weighted by Crippen LogP contribution is 2.32. The Balaban J connectivity index is 1.54.